The first-order valence-electron chi connectivity index (χ1n) is 6.85. The van der Waals surface area contributed by atoms with Crippen LogP contribution < -0.4 is 10.5 Å². The lowest BCUT2D eigenvalue weighted by Gasteiger charge is -2.22. The first kappa shape index (κ1) is 12.7. The minimum absolute atomic E-state index is 0.142. The molecule has 1 aliphatic rings. The van der Waals surface area contributed by atoms with Gasteiger partial charge in [-0.05, 0) is 37.0 Å². The van der Waals surface area contributed by atoms with E-state index >= 15 is 0 Å². The van der Waals surface area contributed by atoms with Gasteiger partial charge in [0.15, 0.2) is 0 Å². The SMILES string of the molecule is O=C(c1cccc(=O)[nH]1)N1CCCCc2ccccc21. The summed E-state index contributed by atoms with van der Waals surface area (Å²) in [5.41, 5.74) is 2.24. The zero-order valence-corrected chi connectivity index (χ0v) is 11.1. The van der Waals surface area contributed by atoms with Crippen molar-refractivity contribution in [1.29, 1.82) is 0 Å². The summed E-state index contributed by atoms with van der Waals surface area (Å²) in [6.45, 7) is 0.687. The van der Waals surface area contributed by atoms with E-state index in [1.54, 1.807) is 17.0 Å². The molecule has 1 N–H and O–H groups in total. The Balaban J connectivity index is 2.01. The number of para-hydroxylation sites is 1. The number of carbonyl (C=O) groups excluding carboxylic acids is 1. The highest BCUT2D eigenvalue weighted by Gasteiger charge is 2.22. The molecule has 4 nitrogen and oxygen atoms in total. The fourth-order valence-electron chi connectivity index (χ4n) is 2.62. The predicted molar refractivity (Wildman–Crippen MR) is 78.1 cm³/mol. The average Bonchev–Trinajstić information content (AvgIpc) is 2.69. The minimum atomic E-state index is -0.251. The van der Waals surface area contributed by atoms with E-state index < -0.39 is 0 Å². The smallest absolute Gasteiger partial charge is 0.274 e. The van der Waals surface area contributed by atoms with Crippen LogP contribution in [-0.4, -0.2) is 17.4 Å². The maximum Gasteiger partial charge on any atom is 0.274 e. The molecule has 0 atom stereocenters. The molecule has 1 aromatic heterocycles. The third-order valence-corrected chi connectivity index (χ3v) is 3.60. The topological polar surface area (TPSA) is 53.2 Å². The Morgan fingerprint density at radius 1 is 1.05 bits per heavy atom. The molecule has 0 unspecified atom stereocenters. The number of nitrogens with zero attached hydrogens (tertiary/aromatic N) is 1. The van der Waals surface area contributed by atoms with E-state index in [1.165, 1.54) is 11.6 Å². The third kappa shape index (κ3) is 2.37. The summed E-state index contributed by atoms with van der Waals surface area (Å²) < 4.78 is 0. The summed E-state index contributed by atoms with van der Waals surface area (Å²) in [5, 5.41) is 0. The van der Waals surface area contributed by atoms with Crippen molar-refractivity contribution in [2.45, 2.75) is 19.3 Å². The number of H-pyrrole nitrogens is 1. The summed E-state index contributed by atoms with van der Waals surface area (Å²) in [6, 6.07) is 12.6. The van der Waals surface area contributed by atoms with E-state index in [1.807, 2.05) is 18.2 Å². The maximum atomic E-state index is 12.6. The molecule has 0 bridgehead atoms. The lowest BCUT2D eigenvalue weighted by molar-refractivity contribution is 0.0982. The second-order valence-corrected chi connectivity index (χ2v) is 4.97. The molecule has 1 amide bonds. The molecule has 0 radical (unpaired) electrons. The number of carbonyl (C=O) groups is 1. The van der Waals surface area contributed by atoms with Crippen LogP contribution >= 0.6 is 0 Å². The molecule has 0 spiro atoms. The van der Waals surface area contributed by atoms with Crippen LogP contribution in [0.4, 0.5) is 5.69 Å². The summed E-state index contributed by atoms with van der Waals surface area (Å²) in [5.74, 6) is -0.142. The number of anilines is 1. The largest absolute Gasteiger partial charge is 0.318 e. The van der Waals surface area contributed by atoms with Crippen LogP contribution in [0.5, 0.6) is 0 Å². The Labute approximate surface area is 117 Å². The predicted octanol–water partition coefficient (Wildman–Crippen LogP) is 2.36. The van der Waals surface area contributed by atoms with E-state index in [2.05, 4.69) is 11.1 Å². The molecule has 3 rings (SSSR count). The Kier molecular flexibility index (Phi) is 3.37. The van der Waals surface area contributed by atoms with Gasteiger partial charge in [-0.25, -0.2) is 0 Å². The Morgan fingerprint density at radius 2 is 1.90 bits per heavy atom. The second kappa shape index (κ2) is 5.33. The van der Waals surface area contributed by atoms with E-state index in [-0.39, 0.29) is 11.5 Å². The van der Waals surface area contributed by atoms with Gasteiger partial charge in [0.1, 0.15) is 5.69 Å². The van der Waals surface area contributed by atoms with Gasteiger partial charge in [-0.15, -0.1) is 0 Å². The van der Waals surface area contributed by atoms with E-state index in [4.69, 9.17) is 0 Å². The maximum absolute atomic E-state index is 12.6. The molecule has 0 saturated carbocycles. The number of benzene rings is 1. The van der Waals surface area contributed by atoms with Crippen molar-refractivity contribution < 1.29 is 4.79 Å². The number of hydrogen-bond acceptors (Lipinski definition) is 2. The van der Waals surface area contributed by atoms with Gasteiger partial charge in [0.25, 0.3) is 5.91 Å². The molecule has 20 heavy (non-hydrogen) atoms. The molecule has 2 aromatic rings. The van der Waals surface area contributed by atoms with E-state index in [9.17, 15) is 9.59 Å². The van der Waals surface area contributed by atoms with E-state index in [0.29, 0.717) is 12.2 Å². The number of aryl methyl sites for hydroxylation is 1. The quantitative estimate of drug-likeness (QED) is 0.863. The van der Waals surface area contributed by atoms with Crippen molar-refractivity contribution in [2.24, 2.45) is 0 Å². The van der Waals surface area contributed by atoms with Crippen LogP contribution in [0.1, 0.15) is 28.9 Å². The number of aromatic nitrogens is 1. The van der Waals surface area contributed by atoms with Gasteiger partial charge in [-0.1, -0.05) is 24.3 Å². The summed E-state index contributed by atoms with van der Waals surface area (Å²) in [4.78, 5) is 28.4. The number of pyridine rings is 1. The van der Waals surface area contributed by atoms with Crippen LogP contribution in [0.25, 0.3) is 0 Å². The average molecular weight is 268 g/mol. The number of fused-ring (bicyclic) bond motifs is 1. The van der Waals surface area contributed by atoms with Crippen LogP contribution in [0.3, 0.4) is 0 Å². The minimum Gasteiger partial charge on any atom is -0.318 e. The van der Waals surface area contributed by atoms with Crippen LogP contribution in [-0.2, 0) is 6.42 Å². The van der Waals surface area contributed by atoms with Crippen LogP contribution in [0.2, 0.25) is 0 Å². The highest BCUT2D eigenvalue weighted by atomic mass is 16.2. The highest BCUT2D eigenvalue weighted by molar-refractivity contribution is 6.05. The van der Waals surface area contributed by atoms with Crippen molar-refractivity contribution in [3.8, 4) is 0 Å². The van der Waals surface area contributed by atoms with Crippen molar-refractivity contribution in [1.82, 2.24) is 4.98 Å². The van der Waals surface area contributed by atoms with Crippen molar-refractivity contribution in [3.05, 3.63) is 64.1 Å². The molecule has 0 aliphatic carbocycles. The lowest BCUT2D eigenvalue weighted by atomic mass is 10.1. The zero-order valence-electron chi connectivity index (χ0n) is 11.1. The number of nitrogens with one attached hydrogen (secondary N) is 1. The van der Waals surface area contributed by atoms with Crippen molar-refractivity contribution in [2.75, 3.05) is 11.4 Å². The van der Waals surface area contributed by atoms with Gasteiger partial charge in [-0.3, -0.25) is 9.59 Å². The molecular weight excluding hydrogens is 252 g/mol. The van der Waals surface area contributed by atoms with Crippen molar-refractivity contribution >= 4 is 11.6 Å². The number of amides is 1. The molecule has 0 saturated heterocycles. The first-order valence-corrected chi connectivity index (χ1v) is 6.85. The zero-order chi connectivity index (χ0) is 13.9. The molecule has 0 fully saturated rings. The van der Waals surface area contributed by atoms with Crippen LogP contribution in [0, 0.1) is 0 Å². The Hall–Kier alpha value is -2.36. The molecular formula is C16H16N2O2. The molecule has 102 valence electrons. The summed E-state index contributed by atoms with van der Waals surface area (Å²) in [7, 11) is 0. The van der Waals surface area contributed by atoms with Gasteiger partial charge >= 0.3 is 0 Å². The monoisotopic (exact) mass is 268 g/mol. The lowest BCUT2D eigenvalue weighted by Crippen LogP contribution is -2.33. The Bertz CT molecular complexity index is 691. The third-order valence-electron chi connectivity index (χ3n) is 3.60. The molecule has 4 heteroatoms. The van der Waals surface area contributed by atoms with Gasteiger partial charge in [0.2, 0.25) is 5.56 Å². The molecule has 2 heterocycles. The summed E-state index contributed by atoms with van der Waals surface area (Å²) >= 11 is 0. The number of rotatable bonds is 1. The Morgan fingerprint density at radius 3 is 2.75 bits per heavy atom. The second-order valence-electron chi connectivity index (χ2n) is 4.97. The van der Waals surface area contributed by atoms with E-state index in [0.717, 1.165) is 24.9 Å². The standard InChI is InChI=1S/C16H16N2O2/c19-15-10-5-8-13(17-15)16(20)18-11-4-3-7-12-6-1-2-9-14(12)18/h1-2,5-6,8-10H,3-4,7,11H2,(H,17,19). The van der Waals surface area contributed by atoms with Gasteiger partial charge in [0.05, 0.1) is 0 Å². The van der Waals surface area contributed by atoms with Gasteiger partial charge < -0.3 is 9.88 Å². The fraction of sp³-hybridized carbons (Fsp3) is 0.250. The summed E-state index contributed by atoms with van der Waals surface area (Å²) in [6.07, 6.45) is 3.04. The van der Waals surface area contributed by atoms with Crippen LogP contribution in [0.15, 0.2) is 47.3 Å². The normalized spacial score (nSPS) is 14.5. The molecule has 1 aliphatic heterocycles. The fourth-order valence-corrected chi connectivity index (χ4v) is 2.62. The highest BCUT2D eigenvalue weighted by Crippen LogP contribution is 2.26. The van der Waals surface area contributed by atoms with Crippen molar-refractivity contribution in [3.63, 3.8) is 0 Å². The van der Waals surface area contributed by atoms with Gasteiger partial charge in [0, 0.05) is 18.3 Å². The molecule has 1 aromatic carbocycles. The van der Waals surface area contributed by atoms with Gasteiger partial charge in [-0.2, -0.15) is 0 Å². The number of aromatic amines is 1. The number of hydrogen-bond donors (Lipinski definition) is 1. The first-order chi connectivity index (χ1) is 9.75.